The Labute approximate surface area is 281 Å². The number of para-hydroxylation sites is 2. The topological polar surface area (TPSA) is 116 Å². The molecular weight excluding hydrogens is 606 g/mol. The standard InChI is InChI=1S/C19H21N3O2.C19H20N2O3/c20-13-18(23)16-9-7-15(8-10-16)14-22(17-5-2-1-3-6-17)19(24)21-11-4-12-21;1-24-18(22)16-10-8-15(9-11-16)14-21(17-6-3-2-4-7-17)19(23)20-12-5-13-20/h1-3,5-10H,4,11-14,20H2;2-4,6-11H,5,12-14H2,1H3. The molecule has 0 bridgehead atoms. The van der Waals surface area contributed by atoms with Crippen molar-refractivity contribution in [2.45, 2.75) is 25.9 Å². The molecule has 6 rings (SSSR count). The summed E-state index contributed by atoms with van der Waals surface area (Å²) in [6, 6.07) is 33.8. The molecule has 2 saturated heterocycles. The van der Waals surface area contributed by atoms with E-state index >= 15 is 0 Å². The lowest BCUT2D eigenvalue weighted by atomic mass is 10.1. The van der Waals surface area contributed by atoms with Crippen molar-refractivity contribution in [3.05, 3.63) is 131 Å². The number of urea groups is 2. The third-order valence-electron chi connectivity index (χ3n) is 8.37. The highest BCUT2D eigenvalue weighted by Crippen LogP contribution is 2.23. The van der Waals surface area contributed by atoms with Crippen LogP contribution in [0.2, 0.25) is 0 Å². The van der Waals surface area contributed by atoms with Crippen molar-refractivity contribution in [1.29, 1.82) is 0 Å². The molecule has 0 unspecified atom stereocenters. The Morgan fingerprint density at radius 1 is 0.604 bits per heavy atom. The highest BCUT2D eigenvalue weighted by molar-refractivity contribution is 5.97. The normalized spacial score (nSPS) is 13.2. The molecular formula is C38H41N5O5. The monoisotopic (exact) mass is 647 g/mol. The number of methoxy groups -OCH3 is 1. The number of carbonyl (C=O) groups excluding carboxylic acids is 4. The summed E-state index contributed by atoms with van der Waals surface area (Å²) in [4.78, 5) is 55.8. The van der Waals surface area contributed by atoms with Crippen LogP contribution in [0.25, 0.3) is 0 Å². The van der Waals surface area contributed by atoms with E-state index in [0.717, 1.165) is 61.5 Å². The molecule has 0 aliphatic carbocycles. The fourth-order valence-corrected chi connectivity index (χ4v) is 5.25. The van der Waals surface area contributed by atoms with Crippen molar-refractivity contribution in [1.82, 2.24) is 9.80 Å². The highest BCUT2D eigenvalue weighted by atomic mass is 16.5. The van der Waals surface area contributed by atoms with Crippen molar-refractivity contribution in [3.63, 3.8) is 0 Å². The van der Waals surface area contributed by atoms with E-state index in [2.05, 4.69) is 0 Å². The maximum Gasteiger partial charge on any atom is 0.337 e. The largest absolute Gasteiger partial charge is 0.465 e. The first-order valence-corrected chi connectivity index (χ1v) is 16.1. The molecule has 0 spiro atoms. The van der Waals surface area contributed by atoms with Gasteiger partial charge in [-0.3, -0.25) is 14.6 Å². The summed E-state index contributed by atoms with van der Waals surface area (Å²) in [5.74, 6) is -0.448. The molecule has 2 aliphatic rings. The van der Waals surface area contributed by atoms with Crippen molar-refractivity contribution < 1.29 is 23.9 Å². The molecule has 48 heavy (non-hydrogen) atoms. The van der Waals surface area contributed by atoms with Crippen LogP contribution in [0, 0.1) is 0 Å². The average Bonchev–Trinajstić information content (AvgIpc) is 3.09. The summed E-state index contributed by atoms with van der Waals surface area (Å²) in [5.41, 5.74) is 10.2. The van der Waals surface area contributed by atoms with E-state index in [1.165, 1.54) is 7.11 Å². The maximum atomic E-state index is 12.7. The number of benzene rings is 4. The number of Topliss-reactive ketones (excluding diaryl/α,β-unsaturated/α-hetero) is 1. The number of rotatable bonds is 9. The zero-order valence-corrected chi connectivity index (χ0v) is 27.2. The molecule has 4 amide bonds. The van der Waals surface area contributed by atoms with Gasteiger partial charge in [0.25, 0.3) is 0 Å². The number of hydrogen-bond acceptors (Lipinski definition) is 6. The minimum absolute atomic E-state index is 0.00291. The van der Waals surface area contributed by atoms with Crippen LogP contribution in [0.15, 0.2) is 109 Å². The average molecular weight is 648 g/mol. The van der Waals surface area contributed by atoms with Crippen LogP contribution in [0.5, 0.6) is 0 Å². The van der Waals surface area contributed by atoms with Crippen molar-refractivity contribution in [3.8, 4) is 0 Å². The first-order valence-electron chi connectivity index (χ1n) is 16.1. The summed E-state index contributed by atoms with van der Waals surface area (Å²) in [5, 5.41) is 0. The second-order valence-corrected chi connectivity index (χ2v) is 11.6. The fourth-order valence-electron chi connectivity index (χ4n) is 5.25. The zero-order chi connectivity index (χ0) is 33.9. The van der Waals surface area contributed by atoms with Gasteiger partial charge in [0.1, 0.15) is 0 Å². The molecule has 10 heteroatoms. The Hall–Kier alpha value is -5.48. The predicted molar refractivity (Wildman–Crippen MR) is 186 cm³/mol. The van der Waals surface area contributed by atoms with E-state index in [0.29, 0.717) is 24.2 Å². The van der Waals surface area contributed by atoms with Gasteiger partial charge in [0.2, 0.25) is 0 Å². The van der Waals surface area contributed by atoms with Crippen LogP contribution >= 0.6 is 0 Å². The lowest BCUT2D eigenvalue weighted by Crippen LogP contribution is -2.49. The summed E-state index contributed by atoms with van der Waals surface area (Å²) < 4.78 is 4.71. The number of ketones is 1. The maximum absolute atomic E-state index is 12.7. The van der Waals surface area contributed by atoms with Gasteiger partial charge in [-0.1, -0.05) is 72.8 Å². The second-order valence-electron chi connectivity index (χ2n) is 11.6. The van der Waals surface area contributed by atoms with Crippen LogP contribution in [0.3, 0.4) is 0 Å². The lowest BCUT2D eigenvalue weighted by molar-refractivity contribution is 0.0600. The third-order valence-corrected chi connectivity index (χ3v) is 8.37. The molecule has 0 aromatic heterocycles. The molecule has 4 aromatic carbocycles. The molecule has 248 valence electrons. The van der Waals surface area contributed by atoms with Crippen molar-refractivity contribution in [2.24, 2.45) is 5.73 Å². The molecule has 0 radical (unpaired) electrons. The number of amides is 4. The second kappa shape index (κ2) is 16.4. The molecule has 2 N–H and O–H groups in total. The number of hydrogen-bond donors (Lipinski definition) is 1. The minimum Gasteiger partial charge on any atom is -0.465 e. The van der Waals surface area contributed by atoms with Gasteiger partial charge < -0.3 is 20.3 Å². The predicted octanol–water partition coefficient (Wildman–Crippen LogP) is 5.97. The van der Waals surface area contributed by atoms with Gasteiger partial charge in [-0.15, -0.1) is 0 Å². The quantitative estimate of drug-likeness (QED) is 0.177. The Morgan fingerprint density at radius 3 is 1.33 bits per heavy atom. The molecule has 4 aromatic rings. The summed E-state index contributed by atoms with van der Waals surface area (Å²) in [7, 11) is 1.36. The molecule has 10 nitrogen and oxygen atoms in total. The van der Waals surface area contributed by atoms with Gasteiger partial charge in [-0.05, 0) is 60.4 Å². The first-order chi connectivity index (χ1) is 23.4. The van der Waals surface area contributed by atoms with Crippen LogP contribution in [0.1, 0.15) is 44.7 Å². The number of ether oxygens (including phenoxy) is 1. The number of anilines is 2. The number of carbonyl (C=O) groups is 4. The van der Waals surface area contributed by atoms with Gasteiger partial charge in [0.15, 0.2) is 5.78 Å². The van der Waals surface area contributed by atoms with Crippen LogP contribution in [-0.2, 0) is 17.8 Å². The number of likely N-dealkylation sites (tertiary alicyclic amines) is 2. The molecule has 0 saturated carbocycles. The number of esters is 1. The summed E-state index contributed by atoms with van der Waals surface area (Å²) in [6.45, 7) is 4.17. The van der Waals surface area contributed by atoms with Crippen LogP contribution in [-0.4, -0.2) is 73.4 Å². The van der Waals surface area contributed by atoms with Crippen molar-refractivity contribution >= 4 is 35.2 Å². The van der Waals surface area contributed by atoms with Gasteiger partial charge in [-0.2, -0.15) is 0 Å². The van der Waals surface area contributed by atoms with E-state index in [1.54, 1.807) is 34.1 Å². The van der Waals surface area contributed by atoms with Gasteiger partial charge in [-0.25, -0.2) is 14.4 Å². The highest BCUT2D eigenvalue weighted by Gasteiger charge is 2.28. The minimum atomic E-state index is -0.363. The van der Waals surface area contributed by atoms with Gasteiger partial charge in [0, 0.05) is 43.1 Å². The number of nitrogens with zero attached hydrogens (tertiary/aromatic N) is 4. The van der Waals surface area contributed by atoms with E-state index in [9.17, 15) is 19.2 Å². The molecule has 2 aliphatic heterocycles. The summed E-state index contributed by atoms with van der Waals surface area (Å²) >= 11 is 0. The SMILES string of the molecule is COC(=O)c1ccc(CN(C(=O)N2CCC2)c2ccccc2)cc1.NCC(=O)c1ccc(CN(C(=O)N2CCC2)c2ccccc2)cc1. The van der Waals surface area contributed by atoms with E-state index in [-0.39, 0.29) is 30.4 Å². The Balaban J connectivity index is 0.000000188. The van der Waals surface area contributed by atoms with Crippen LogP contribution < -0.4 is 15.5 Å². The van der Waals surface area contributed by atoms with Crippen molar-refractivity contribution in [2.75, 3.05) is 49.6 Å². The van der Waals surface area contributed by atoms with E-state index in [4.69, 9.17) is 10.5 Å². The summed E-state index contributed by atoms with van der Waals surface area (Å²) in [6.07, 6.45) is 2.12. The lowest BCUT2D eigenvalue weighted by Gasteiger charge is -2.36. The zero-order valence-electron chi connectivity index (χ0n) is 27.2. The van der Waals surface area contributed by atoms with E-state index in [1.807, 2.05) is 94.7 Å². The third kappa shape index (κ3) is 8.45. The smallest absolute Gasteiger partial charge is 0.337 e. The Bertz CT molecular complexity index is 1550. The number of nitrogens with two attached hydrogens (primary N) is 1. The Morgan fingerprint density at radius 2 is 1.00 bits per heavy atom. The van der Waals surface area contributed by atoms with Gasteiger partial charge in [0.05, 0.1) is 32.3 Å². The van der Waals surface area contributed by atoms with Crippen LogP contribution in [0.4, 0.5) is 21.0 Å². The Kier molecular flexibility index (Phi) is 11.6. The molecule has 2 fully saturated rings. The molecule has 2 heterocycles. The van der Waals surface area contributed by atoms with Gasteiger partial charge >= 0.3 is 18.0 Å². The van der Waals surface area contributed by atoms with E-state index < -0.39 is 0 Å². The molecule has 0 atom stereocenters. The first kappa shape index (κ1) is 33.9. The fraction of sp³-hybridized carbons (Fsp3) is 0.263.